The van der Waals surface area contributed by atoms with Crippen LogP contribution in [0.4, 0.5) is 13.2 Å². The third-order valence-electron chi connectivity index (χ3n) is 7.67. The number of benzene rings is 2. The first-order valence-corrected chi connectivity index (χ1v) is 11.9. The lowest BCUT2D eigenvalue weighted by molar-refractivity contribution is -0.158. The number of aliphatic hydroxyl groups is 1. The number of amides is 1. The van der Waals surface area contributed by atoms with Crippen LogP contribution in [-0.4, -0.2) is 38.6 Å². The standard InChI is InChI=1S/C27H28F3N3O2/c1-16-8-18(4-5-23(16)32-13-17(2)31-15-32)20-11-27(12-20)6-3-7-33(26(27)35)24(14-34)19-9-21(28)25(30)22(29)10-19/h4-5,8-10,13,15,20,24,34H,3,6-7,11-12,14H2,1-2H3. The van der Waals surface area contributed by atoms with Crippen molar-refractivity contribution in [3.63, 3.8) is 0 Å². The summed E-state index contributed by atoms with van der Waals surface area (Å²) in [6.07, 6.45) is 6.63. The molecule has 1 aromatic heterocycles. The molecule has 5 nitrogen and oxygen atoms in total. The van der Waals surface area contributed by atoms with Gasteiger partial charge in [0.25, 0.3) is 0 Å². The van der Waals surface area contributed by atoms with E-state index in [1.165, 1.54) is 10.5 Å². The Kier molecular flexibility index (Phi) is 5.95. The first-order chi connectivity index (χ1) is 16.7. The van der Waals surface area contributed by atoms with Gasteiger partial charge in [0.1, 0.15) is 0 Å². The fourth-order valence-corrected chi connectivity index (χ4v) is 5.82. The SMILES string of the molecule is Cc1cn(-c2ccc(C3CC4(CCCN(C(CO)c5cc(F)c(F)c(F)c5)C4=O)C3)cc2C)cn1. The van der Waals surface area contributed by atoms with Crippen LogP contribution in [-0.2, 0) is 4.79 Å². The lowest BCUT2D eigenvalue weighted by Crippen LogP contribution is -2.55. The molecule has 0 bridgehead atoms. The number of carbonyl (C=O) groups excluding carboxylic acids is 1. The van der Waals surface area contributed by atoms with E-state index in [4.69, 9.17) is 0 Å². The summed E-state index contributed by atoms with van der Waals surface area (Å²) < 4.78 is 43.1. The van der Waals surface area contributed by atoms with E-state index >= 15 is 0 Å². The molecule has 3 aromatic rings. The van der Waals surface area contributed by atoms with Gasteiger partial charge in [0.15, 0.2) is 17.5 Å². The number of aromatic nitrogens is 2. The number of carbonyl (C=O) groups is 1. The van der Waals surface area contributed by atoms with Crippen molar-refractivity contribution in [3.05, 3.63) is 82.7 Å². The van der Waals surface area contributed by atoms with Gasteiger partial charge < -0.3 is 14.6 Å². The summed E-state index contributed by atoms with van der Waals surface area (Å²) >= 11 is 0. The lowest BCUT2D eigenvalue weighted by atomic mass is 9.56. The molecule has 0 radical (unpaired) electrons. The van der Waals surface area contributed by atoms with E-state index in [1.807, 2.05) is 17.7 Å². The predicted octanol–water partition coefficient (Wildman–Crippen LogP) is 5.13. The molecule has 2 heterocycles. The molecule has 1 amide bonds. The number of halogens is 3. The number of likely N-dealkylation sites (tertiary alicyclic amines) is 1. The Morgan fingerprint density at radius 1 is 1.14 bits per heavy atom. The summed E-state index contributed by atoms with van der Waals surface area (Å²) in [5.74, 6) is -4.08. The highest BCUT2D eigenvalue weighted by Crippen LogP contribution is 2.57. The van der Waals surface area contributed by atoms with Gasteiger partial charge in [-0.3, -0.25) is 4.79 Å². The minimum Gasteiger partial charge on any atom is -0.394 e. The minimum absolute atomic E-state index is 0.0612. The highest BCUT2D eigenvalue weighted by atomic mass is 19.2. The summed E-state index contributed by atoms with van der Waals surface area (Å²) in [5.41, 5.74) is 3.83. The van der Waals surface area contributed by atoms with Crippen LogP contribution >= 0.6 is 0 Å². The molecule has 1 saturated carbocycles. The minimum atomic E-state index is -1.56. The number of imidazole rings is 1. The predicted molar refractivity (Wildman–Crippen MR) is 125 cm³/mol. The van der Waals surface area contributed by atoms with Gasteiger partial charge in [0, 0.05) is 18.4 Å². The summed E-state index contributed by atoms with van der Waals surface area (Å²) in [7, 11) is 0. The number of rotatable bonds is 5. The molecule has 1 atom stereocenters. The quantitative estimate of drug-likeness (QED) is 0.512. The molecule has 2 fully saturated rings. The van der Waals surface area contributed by atoms with E-state index < -0.39 is 35.5 Å². The largest absolute Gasteiger partial charge is 0.394 e. The zero-order valence-electron chi connectivity index (χ0n) is 19.8. The Labute approximate surface area is 202 Å². The molecule has 1 saturated heterocycles. The van der Waals surface area contributed by atoms with Crippen molar-refractivity contribution in [2.24, 2.45) is 5.41 Å². The average molecular weight is 484 g/mol. The van der Waals surface area contributed by atoms with Gasteiger partial charge in [-0.15, -0.1) is 0 Å². The summed E-state index contributed by atoms with van der Waals surface area (Å²) in [6.45, 7) is 3.89. The molecule has 1 spiro atoms. The first kappa shape index (κ1) is 23.6. The highest BCUT2D eigenvalue weighted by molar-refractivity contribution is 5.85. The molecule has 2 aromatic carbocycles. The van der Waals surface area contributed by atoms with Gasteiger partial charge in [-0.1, -0.05) is 12.1 Å². The van der Waals surface area contributed by atoms with E-state index in [0.29, 0.717) is 19.4 Å². The second kappa shape index (κ2) is 8.82. The van der Waals surface area contributed by atoms with Crippen molar-refractivity contribution in [1.29, 1.82) is 0 Å². The van der Waals surface area contributed by atoms with Crippen LogP contribution in [0, 0.1) is 36.7 Å². The van der Waals surface area contributed by atoms with Gasteiger partial charge in [0.2, 0.25) is 5.91 Å². The van der Waals surface area contributed by atoms with E-state index in [9.17, 15) is 23.1 Å². The van der Waals surface area contributed by atoms with Crippen LogP contribution in [0.25, 0.3) is 5.69 Å². The molecule has 1 aliphatic carbocycles. The van der Waals surface area contributed by atoms with Crippen molar-refractivity contribution in [2.75, 3.05) is 13.2 Å². The zero-order chi connectivity index (χ0) is 24.9. The number of aryl methyl sites for hydroxylation is 2. The molecule has 8 heteroatoms. The van der Waals surface area contributed by atoms with Crippen LogP contribution in [0.15, 0.2) is 42.9 Å². The van der Waals surface area contributed by atoms with Crippen molar-refractivity contribution in [2.45, 2.75) is 51.5 Å². The van der Waals surface area contributed by atoms with E-state index in [-0.39, 0.29) is 17.4 Å². The molecule has 2 aliphatic rings. The normalized spacial score (nSPS) is 23.0. The molecular formula is C27H28F3N3O2. The van der Waals surface area contributed by atoms with Gasteiger partial charge in [0.05, 0.1) is 30.1 Å². The molecule has 1 unspecified atom stereocenters. The fraction of sp³-hybridized carbons (Fsp3) is 0.407. The Bertz CT molecular complexity index is 1260. The molecule has 5 rings (SSSR count). The summed E-state index contributed by atoms with van der Waals surface area (Å²) in [5, 5.41) is 10.0. The maximum absolute atomic E-state index is 13.8. The zero-order valence-corrected chi connectivity index (χ0v) is 19.8. The second-order valence-corrected chi connectivity index (χ2v) is 9.95. The highest BCUT2D eigenvalue weighted by Gasteiger charge is 2.54. The second-order valence-electron chi connectivity index (χ2n) is 9.95. The number of aliphatic hydroxyl groups excluding tert-OH is 1. The van der Waals surface area contributed by atoms with E-state index in [2.05, 4.69) is 30.1 Å². The number of nitrogens with zero attached hydrogens (tertiary/aromatic N) is 3. The Morgan fingerprint density at radius 2 is 1.86 bits per heavy atom. The molecule has 35 heavy (non-hydrogen) atoms. The van der Waals surface area contributed by atoms with E-state index in [1.54, 1.807) is 6.33 Å². The molecule has 1 aliphatic heterocycles. The average Bonchev–Trinajstić information content (AvgIpc) is 3.23. The van der Waals surface area contributed by atoms with Gasteiger partial charge >= 0.3 is 0 Å². The number of hydrogen-bond donors (Lipinski definition) is 1. The van der Waals surface area contributed by atoms with Crippen LogP contribution in [0.3, 0.4) is 0 Å². The fourth-order valence-electron chi connectivity index (χ4n) is 5.82. The third kappa shape index (κ3) is 4.03. The third-order valence-corrected chi connectivity index (χ3v) is 7.67. The van der Waals surface area contributed by atoms with Crippen LogP contribution < -0.4 is 0 Å². The summed E-state index contributed by atoms with van der Waals surface area (Å²) in [4.78, 5) is 19.4. The monoisotopic (exact) mass is 483 g/mol. The van der Waals surface area contributed by atoms with Crippen molar-refractivity contribution >= 4 is 5.91 Å². The Hall–Kier alpha value is -3.13. The smallest absolute Gasteiger partial charge is 0.229 e. The number of hydrogen-bond acceptors (Lipinski definition) is 3. The summed E-state index contributed by atoms with van der Waals surface area (Å²) in [6, 6.07) is 7.15. The van der Waals surface area contributed by atoms with Crippen molar-refractivity contribution in [3.8, 4) is 5.69 Å². The van der Waals surface area contributed by atoms with Gasteiger partial charge in [-0.05, 0) is 80.3 Å². The Morgan fingerprint density at radius 3 is 2.46 bits per heavy atom. The maximum Gasteiger partial charge on any atom is 0.229 e. The van der Waals surface area contributed by atoms with Crippen molar-refractivity contribution < 1.29 is 23.1 Å². The van der Waals surface area contributed by atoms with Gasteiger partial charge in [-0.2, -0.15) is 0 Å². The molecular weight excluding hydrogens is 455 g/mol. The van der Waals surface area contributed by atoms with E-state index in [0.717, 1.165) is 41.9 Å². The maximum atomic E-state index is 13.8. The van der Waals surface area contributed by atoms with Crippen LogP contribution in [0.2, 0.25) is 0 Å². The topological polar surface area (TPSA) is 58.4 Å². The van der Waals surface area contributed by atoms with Crippen LogP contribution in [0.1, 0.15) is 60.0 Å². The Balaban J connectivity index is 1.34. The van der Waals surface area contributed by atoms with Crippen LogP contribution in [0.5, 0.6) is 0 Å². The number of piperidine rings is 1. The molecule has 184 valence electrons. The lowest BCUT2D eigenvalue weighted by Gasteiger charge is -2.53. The van der Waals surface area contributed by atoms with Crippen molar-refractivity contribution in [1.82, 2.24) is 14.5 Å². The van der Waals surface area contributed by atoms with Gasteiger partial charge in [-0.25, -0.2) is 18.2 Å². The molecule has 1 N–H and O–H groups in total. The first-order valence-electron chi connectivity index (χ1n) is 11.9.